The second-order valence-electron chi connectivity index (χ2n) is 5.18. The Balaban J connectivity index is 2.00. The van der Waals surface area contributed by atoms with Gasteiger partial charge in [-0.05, 0) is 13.0 Å². The quantitative estimate of drug-likeness (QED) is 0.663. The average Bonchev–Trinajstić information content (AvgIpc) is 2.49. The highest BCUT2D eigenvalue weighted by atomic mass is 16.6. The summed E-state index contributed by atoms with van der Waals surface area (Å²) in [4.78, 5) is 37.1. The first-order chi connectivity index (χ1) is 10.4. The highest BCUT2D eigenvalue weighted by molar-refractivity contribution is 5.90. The largest absolute Gasteiger partial charge is 0.339 e. The van der Waals surface area contributed by atoms with Crippen molar-refractivity contribution in [3.05, 3.63) is 33.9 Å². The molecule has 1 aromatic carbocycles. The van der Waals surface area contributed by atoms with Gasteiger partial charge in [-0.3, -0.25) is 14.9 Å². The first-order valence-electron chi connectivity index (χ1n) is 6.95. The van der Waals surface area contributed by atoms with E-state index in [1.165, 1.54) is 13.0 Å². The molecule has 3 amide bonds. The van der Waals surface area contributed by atoms with Crippen molar-refractivity contribution in [2.24, 2.45) is 0 Å². The molecule has 1 saturated heterocycles. The fourth-order valence-corrected chi connectivity index (χ4v) is 2.31. The summed E-state index contributed by atoms with van der Waals surface area (Å²) in [5, 5.41) is 13.6. The number of hydrogen-bond acceptors (Lipinski definition) is 4. The van der Waals surface area contributed by atoms with E-state index in [9.17, 15) is 19.7 Å². The highest BCUT2D eigenvalue weighted by Gasteiger charge is 2.22. The van der Waals surface area contributed by atoms with Crippen LogP contribution >= 0.6 is 0 Å². The van der Waals surface area contributed by atoms with Gasteiger partial charge in [0.2, 0.25) is 5.91 Å². The van der Waals surface area contributed by atoms with Gasteiger partial charge < -0.3 is 15.1 Å². The van der Waals surface area contributed by atoms with Gasteiger partial charge in [-0.1, -0.05) is 6.07 Å². The smallest absolute Gasteiger partial charge is 0.321 e. The number of piperazine rings is 1. The van der Waals surface area contributed by atoms with Crippen LogP contribution in [0.4, 0.5) is 16.2 Å². The maximum atomic E-state index is 12.2. The van der Waals surface area contributed by atoms with Crippen molar-refractivity contribution in [3.8, 4) is 0 Å². The van der Waals surface area contributed by atoms with E-state index in [1.54, 1.807) is 28.9 Å². The van der Waals surface area contributed by atoms with Crippen molar-refractivity contribution < 1.29 is 14.5 Å². The third-order valence-corrected chi connectivity index (χ3v) is 3.67. The van der Waals surface area contributed by atoms with Gasteiger partial charge in [0.05, 0.1) is 4.92 Å². The normalized spacial score (nSPS) is 14.6. The number of urea groups is 1. The number of nitro benzene ring substituents is 1. The number of amides is 3. The lowest BCUT2D eigenvalue weighted by Crippen LogP contribution is -2.51. The molecule has 0 atom stereocenters. The molecule has 1 N–H and O–H groups in total. The molecule has 1 fully saturated rings. The number of nitrogens with zero attached hydrogens (tertiary/aromatic N) is 3. The number of carbonyl (C=O) groups excluding carboxylic acids is 2. The second-order valence-corrected chi connectivity index (χ2v) is 5.18. The van der Waals surface area contributed by atoms with Gasteiger partial charge in [0.25, 0.3) is 5.69 Å². The van der Waals surface area contributed by atoms with Gasteiger partial charge in [0, 0.05) is 50.4 Å². The van der Waals surface area contributed by atoms with Gasteiger partial charge in [-0.25, -0.2) is 4.79 Å². The monoisotopic (exact) mass is 306 g/mol. The summed E-state index contributed by atoms with van der Waals surface area (Å²) in [5.41, 5.74) is 0.897. The average molecular weight is 306 g/mol. The van der Waals surface area contributed by atoms with E-state index in [2.05, 4.69) is 5.32 Å². The van der Waals surface area contributed by atoms with Crippen molar-refractivity contribution in [2.45, 2.75) is 13.8 Å². The molecule has 1 aromatic rings. The lowest BCUT2D eigenvalue weighted by Gasteiger charge is -2.34. The van der Waals surface area contributed by atoms with Gasteiger partial charge in [0.15, 0.2) is 0 Å². The Morgan fingerprint density at radius 1 is 1.18 bits per heavy atom. The Hall–Kier alpha value is -2.64. The minimum atomic E-state index is -0.476. The predicted molar refractivity (Wildman–Crippen MR) is 80.7 cm³/mol. The number of nitro groups is 1. The van der Waals surface area contributed by atoms with E-state index in [4.69, 9.17) is 0 Å². The van der Waals surface area contributed by atoms with E-state index in [0.29, 0.717) is 37.4 Å². The molecule has 8 heteroatoms. The van der Waals surface area contributed by atoms with Crippen LogP contribution in [0.2, 0.25) is 0 Å². The molecule has 1 heterocycles. The lowest BCUT2D eigenvalue weighted by molar-refractivity contribution is -0.385. The summed E-state index contributed by atoms with van der Waals surface area (Å²) in [6, 6.07) is 4.26. The molecule has 0 aliphatic carbocycles. The maximum Gasteiger partial charge on any atom is 0.321 e. The summed E-state index contributed by atoms with van der Waals surface area (Å²) < 4.78 is 0. The Bertz CT molecular complexity index is 609. The number of benzene rings is 1. The highest BCUT2D eigenvalue weighted by Crippen LogP contribution is 2.22. The molecule has 1 aliphatic heterocycles. The zero-order valence-electron chi connectivity index (χ0n) is 12.5. The van der Waals surface area contributed by atoms with Crippen molar-refractivity contribution in [1.82, 2.24) is 9.80 Å². The van der Waals surface area contributed by atoms with Crippen LogP contribution in [0.15, 0.2) is 18.2 Å². The number of nitrogens with one attached hydrogen (secondary N) is 1. The molecule has 0 radical (unpaired) electrons. The van der Waals surface area contributed by atoms with Crippen molar-refractivity contribution in [3.63, 3.8) is 0 Å². The van der Waals surface area contributed by atoms with Crippen LogP contribution in [0, 0.1) is 17.0 Å². The van der Waals surface area contributed by atoms with Crippen LogP contribution in [0.5, 0.6) is 0 Å². The molecule has 8 nitrogen and oxygen atoms in total. The number of anilines is 1. The minimum Gasteiger partial charge on any atom is -0.339 e. The standard InChI is InChI=1S/C14H18N4O4/c1-10-3-4-12(9-13(10)18(21)22)15-14(20)17-7-5-16(6-8-17)11(2)19/h3-4,9H,5-8H2,1-2H3,(H,15,20). The number of rotatable bonds is 2. The van der Waals surface area contributed by atoms with Crippen molar-refractivity contribution in [2.75, 3.05) is 31.5 Å². The number of hydrogen-bond donors (Lipinski definition) is 1. The molecule has 0 saturated carbocycles. The predicted octanol–water partition coefficient (Wildman–Crippen LogP) is 1.60. The van der Waals surface area contributed by atoms with E-state index in [0.717, 1.165) is 0 Å². The fraction of sp³-hybridized carbons (Fsp3) is 0.429. The molecule has 0 spiro atoms. The van der Waals surface area contributed by atoms with Crippen LogP contribution in [0.3, 0.4) is 0 Å². The minimum absolute atomic E-state index is 0.00535. The first-order valence-corrected chi connectivity index (χ1v) is 6.95. The zero-order chi connectivity index (χ0) is 16.3. The molecular formula is C14H18N4O4. The van der Waals surface area contributed by atoms with Gasteiger partial charge in [-0.15, -0.1) is 0 Å². The molecule has 0 unspecified atom stereocenters. The summed E-state index contributed by atoms with van der Waals surface area (Å²) in [7, 11) is 0. The van der Waals surface area contributed by atoms with Gasteiger partial charge in [0.1, 0.15) is 0 Å². The molecule has 2 rings (SSSR count). The van der Waals surface area contributed by atoms with E-state index in [-0.39, 0.29) is 17.6 Å². The molecule has 118 valence electrons. The first kappa shape index (κ1) is 15.7. The lowest BCUT2D eigenvalue weighted by atomic mass is 10.2. The maximum absolute atomic E-state index is 12.2. The van der Waals surface area contributed by atoms with E-state index < -0.39 is 4.92 Å². The summed E-state index contributed by atoms with van der Waals surface area (Å²) in [6.07, 6.45) is 0. The number of aryl methyl sites for hydroxylation is 1. The Kier molecular flexibility index (Phi) is 4.59. The molecule has 0 bridgehead atoms. The van der Waals surface area contributed by atoms with Crippen LogP contribution in [0.25, 0.3) is 0 Å². The number of carbonyl (C=O) groups is 2. The molecular weight excluding hydrogens is 288 g/mol. The third kappa shape index (κ3) is 3.51. The topological polar surface area (TPSA) is 95.8 Å². The Labute approximate surface area is 127 Å². The van der Waals surface area contributed by atoms with E-state index in [1.807, 2.05) is 0 Å². The van der Waals surface area contributed by atoms with Crippen LogP contribution in [-0.4, -0.2) is 52.8 Å². The SMILES string of the molecule is CC(=O)N1CCN(C(=O)Nc2ccc(C)c([N+](=O)[O-])c2)CC1. The molecule has 0 aromatic heterocycles. The Morgan fingerprint density at radius 2 is 1.77 bits per heavy atom. The van der Waals surface area contributed by atoms with Gasteiger partial charge in [-0.2, -0.15) is 0 Å². The van der Waals surface area contributed by atoms with Crippen LogP contribution < -0.4 is 5.32 Å². The van der Waals surface area contributed by atoms with Crippen molar-refractivity contribution >= 4 is 23.3 Å². The summed E-state index contributed by atoms with van der Waals surface area (Å²) in [6.45, 7) is 5.03. The van der Waals surface area contributed by atoms with Gasteiger partial charge >= 0.3 is 6.03 Å². The second kappa shape index (κ2) is 6.42. The zero-order valence-corrected chi connectivity index (χ0v) is 12.5. The summed E-state index contributed by atoms with van der Waals surface area (Å²) >= 11 is 0. The Morgan fingerprint density at radius 3 is 2.32 bits per heavy atom. The third-order valence-electron chi connectivity index (χ3n) is 3.67. The summed E-state index contributed by atoms with van der Waals surface area (Å²) in [5.74, 6) is -0.00535. The van der Waals surface area contributed by atoms with E-state index >= 15 is 0 Å². The molecule has 1 aliphatic rings. The fourth-order valence-electron chi connectivity index (χ4n) is 2.31. The van der Waals surface area contributed by atoms with Crippen LogP contribution in [0.1, 0.15) is 12.5 Å². The molecule has 22 heavy (non-hydrogen) atoms. The van der Waals surface area contributed by atoms with Crippen molar-refractivity contribution in [1.29, 1.82) is 0 Å². The van der Waals surface area contributed by atoms with Crippen LogP contribution in [-0.2, 0) is 4.79 Å².